The number of halogens is 2. The molecular formula is C12H15F2N3O2. The lowest BCUT2D eigenvalue weighted by atomic mass is 10.1. The molecule has 0 unspecified atom stereocenters. The minimum absolute atomic E-state index is 0.399. The molecule has 4 N–H and O–H groups in total. The number of nitrogens with one attached hydrogen (secondary N) is 2. The predicted molar refractivity (Wildman–Crippen MR) is 65.1 cm³/mol. The summed E-state index contributed by atoms with van der Waals surface area (Å²) in [6.07, 6.45) is 0. The third-order valence-electron chi connectivity index (χ3n) is 2.58. The van der Waals surface area contributed by atoms with E-state index in [1.807, 2.05) is 5.32 Å². The second kappa shape index (κ2) is 6.24. The van der Waals surface area contributed by atoms with Crippen LogP contribution in [-0.4, -0.2) is 18.0 Å². The number of primary amides is 1. The highest BCUT2D eigenvalue weighted by Gasteiger charge is 2.18. The van der Waals surface area contributed by atoms with Gasteiger partial charge in [-0.15, -0.1) is 0 Å². The fraction of sp³-hybridized carbons (Fsp3) is 0.333. The zero-order valence-corrected chi connectivity index (χ0v) is 10.5. The summed E-state index contributed by atoms with van der Waals surface area (Å²) >= 11 is 0. The molecule has 2 atom stereocenters. The van der Waals surface area contributed by atoms with Gasteiger partial charge in [0.1, 0.15) is 0 Å². The molecule has 19 heavy (non-hydrogen) atoms. The normalized spacial score (nSPS) is 13.7. The number of carbonyl (C=O) groups excluding carboxylic acids is 2. The van der Waals surface area contributed by atoms with Crippen LogP contribution in [0.2, 0.25) is 0 Å². The second-order valence-corrected chi connectivity index (χ2v) is 4.14. The van der Waals surface area contributed by atoms with Crippen molar-refractivity contribution in [1.82, 2.24) is 10.6 Å². The maximum Gasteiger partial charge on any atom is 0.318 e. The highest BCUT2D eigenvalue weighted by atomic mass is 19.2. The number of rotatable bonds is 4. The van der Waals surface area contributed by atoms with Gasteiger partial charge in [-0.2, -0.15) is 0 Å². The van der Waals surface area contributed by atoms with Crippen molar-refractivity contribution in [2.24, 2.45) is 5.73 Å². The van der Waals surface area contributed by atoms with Gasteiger partial charge in [-0.3, -0.25) is 15.4 Å². The Morgan fingerprint density at radius 3 is 2.37 bits per heavy atom. The molecule has 104 valence electrons. The van der Waals surface area contributed by atoms with Crippen LogP contribution >= 0.6 is 0 Å². The molecule has 0 saturated heterocycles. The molecular weight excluding hydrogens is 256 g/mol. The van der Waals surface area contributed by atoms with Crippen LogP contribution in [0.5, 0.6) is 0 Å². The summed E-state index contributed by atoms with van der Waals surface area (Å²) in [6.45, 7) is 3.20. The number of hydrogen-bond donors (Lipinski definition) is 3. The van der Waals surface area contributed by atoms with Gasteiger partial charge >= 0.3 is 6.03 Å². The number of benzene rings is 1. The van der Waals surface area contributed by atoms with Crippen molar-refractivity contribution in [3.05, 3.63) is 35.4 Å². The van der Waals surface area contributed by atoms with E-state index in [0.29, 0.717) is 5.56 Å². The molecule has 3 amide bonds. The molecule has 7 heteroatoms. The SMILES string of the molecule is C[C@H](N[C@@H](C)c1ccc(F)c(F)c1)C(=O)NC(N)=O. The Labute approximate surface area is 109 Å². The van der Waals surface area contributed by atoms with E-state index in [1.165, 1.54) is 13.0 Å². The number of urea groups is 1. The van der Waals surface area contributed by atoms with Crippen LogP contribution in [0.25, 0.3) is 0 Å². The molecule has 0 fully saturated rings. The topological polar surface area (TPSA) is 84.2 Å². The Morgan fingerprint density at radius 1 is 1.21 bits per heavy atom. The lowest BCUT2D eigenvalue weighted by Crippen LogP contribution is -2.47. The van der Waals surface area contributed by atoms with Crippen LogP contribution in [-0.2, 0) is 4.79 Å². The lowest BCUT2D eigenvalue weighted by Gasteiger charge is -2.19. The molecule has 0 aliphatic rings. The molecule has 0 saturated carbocycles. The predicted octanol–water partition coefficient (Wildman–Crippen LogP) is 1.20. The van der Waals surface area contributed by atoms with Crippen LogP contribution in [0.1, 0.15) is 25.5 Å². The van der Waals surface area contributed by atoms with E-state index in [-0.39, 0.29) is 0 Å². The van der Waals surface area contributed by atoms with Crippen molar-refractivity contribution in [1.29, 1.82) is 0 Å². The van der Waals surface area contributed by atoms with Gasteiger partial charge < -0.3 is 5.73 Å². The van der Waals surface area contributed by atoms with Crippen LogP contribution < -0.4 is 16.4 Å². The molecule has 0 heterocycles. The molecule has 1 aromatic carbocycles. The first-order chi connectivity index (χ1) is 8.81. The van der Waals surface area contributed by atoms with Crippen molar-refractivity contribution < 1.29 is 18.4 Å². The number of amides is 3. The van der Waals surface area contributed by atoms with Crippen molar-refractivity contribution in [2.75, 3.05) is 0 Å². The van der Waals surface area contributed by atoms with Gasteiger partial charge in [0.2, 0.25) is 5.91 Å². The molecule has 1 rings (SSSR count). The average Bonchev–Trinajstić information content (AvgIpc) is 2.31. The summed E-state index contributed by atoms with van der Waals surface area (Å²) in [4.78, 5) is 22.0. The number of carbonyl (C=O) groups is 2. The Kier molecular flexibility index (Phi) is 4.94. The van der Waals surface area contributed by atoms with E-state index < -0.39 is 35.7 Å². The van der Waals surface area contributed by atoms with Crippen molar-refractivity contribution >= 4 is 11.9 Å². The summed E-state index contributed by atoms with van der Waals surface area (Å²) < 4.78 is 25.8. The van der Waals surface area contributed by atoms with E-state index in [2.05, 4.69) is 5.32 Å². The van der Waals surface area contributed by atoms with Gasteiger partial charge in [0.25, 0.3) is 0 Å². The summed E-state index contributed by atoms with van der Waals surface area (Å²) in [5.41, 5.74) is 5.30. The zero-order valence-electron chi connectivity index (χ0n) is 10.5. The fourth-order valence-electron chi connectivity index (χ4n) is 1.56. The minimum atomic E-state index is -0.958. The average molecular weight is 271 g/mol. The van der Waals surface area contributed by atoms with E-state index >= 15 is 0 Å². The molecule has 5 nitrogen and oxygen atoms in total. The first-order valence-electron chi connectivity index (χ1n) is 5.62. The van der Waals surface area contributed by atoms with Gasteiger partial charge in [-0.25, -0.2) is 13.6 Å². The Hall–Kier alpha value is -2.02. The summed E-state index contributed by atoms with van der Waals surface area (Å²) in [5, 5.41) is 4.76. The number of hydrogen-bond acceptors (Lipinski definition) is 3. The van der Waals surface area contributed by atoms with Gasteiger partial charge in [-0.05, 0) is 31.5 Å². The van der Waals surface area contributed by atoms with Gasteiger partial charge in [0, 0.05) is 6.04 Å². The van der Waals surface area contributed by atoms with Crippen LogP contribution in [0, 0.1) is 11.6 Å². The smallest absolute Gasteiger partial charge is 0.318 e. The molecule has 0 bridgehead atoms. The highest BCUT2D eigenvalue weighted by Crippen LogP contribution is 2.16. The Balaban J connectivity index is 2.68. The highest BCUT2D eigenvalue weighted by molar-refractivity contribution is 5.96. The summed E-state index contributed by atoms with van der Waals surface area (Å²) in [6, 6.07) is 1.41. The molecule has 0 aliphatic heterocycles. The van der Waals surface area contributed by atoms with Crippen molar-refractivity contribution in [3.8, 4) is 0 Å². The van der Waals surface area contributed by atoms with Gasteiger partial charge in [0.15, 0.2) is 11.6 Å². The molecule has 0 spiro atoms. The standard InChI is InChI=1S/C12H15F2N3O2/c1-6(8-3-4-9(13)10(14)5-8)16-7(2)11(18)17-12(15)19/h3-7,16H,1-2H3,(H3,15,17,18,19)/t6-,7-/m0/s1. The molecule has 0 aromatic heterocycles. The first-order valence-corrected chi connectivity index (χ1v) is 5.62. The van der Waals surface area contributed by atoms with Gasteiger partial charge in [0.05, 0.1) is 6.04 Å². The maximum absolute atomic E-state index is 13.1. The maximum atomic E-state index is 13.1. The van der Waals surface area contributed by atoms with E-state index in [1.54, 1.807) is 6.92 Å². The Bertz CT molecular complexity index is 494. The van der Waals surface area contributed by atoms with Crippen LogP contribution in [0.15, 0.2) is 18.2 Å². The third-order valence-corrected chi connectivity index (χ3v) is 2.58. The Morgan fingerprint density at radius 2 is 1.84 bits per heavy atom. The number of nitrogens with two attached hydrogens (primary N) is 1. The van der Waals surface area contributed by atoms with Gasteiger partial charge in [-0.1, -0.05) is 6.07 Å². The molecule has 0 radical (unpaired) electrons. The van der Waals surface area contributed by atoms with Crippen molar-refractivity contribution in [3.63, 3.8) is 0 Å². The van der Waals surface area contributed by atoms with Crippen LogP contribution in [0.3, 0.4) is 0 Å². The molecule has 0 aliphatic carbocycles. The summed E-state index contributed by atoms with van der Waals surface area (Å²) in [7, 11) is 0. The zero-order chi connectivity index (χ0) is 14.6. The number of imide groups is 1. The van der Waals surface area contributed by atoms with E-state index in [4.69, 9.17) is 5.73 Å². The summed E-state index contributed by atoms with van der Waals surface area (Å²) in [5.74, 6) is -2.49. The largest absolute Gasteiger partial charge is 0.351 e. The van der Waals surface area contributed by atoms with Crippen LogP contribution in [0.4, 0.5) is 13.6 Å². The third kappa shape index (κ3) is 4.29. The van der Waals surface area contributed by atoms with E-state index in [0.717, 1.165) is 12.1 Å². The minimum Gasteiger partial charge on any atom is -0.351 e. The fourth-order valence-corrected chi connectivity index (χ4v) is 1.56. The molecule has 1 aromatic rings. The van der Waals surface area contributed by atoms with Crippen molar-refractivity contribution in [2.45, 2.75) is 25.9 Å². The van der Waals surface area contributed by atoms with E-state index in [9.17, 15) is 18.4 Å². The lowest BCUT2D eigenvalue weighted by molar-refractivity contribution is -0.121. The monoisotopic (exact) mass is 271 g/mol. The quantitative estimate of drug-likeness (QED) is 0.769. The second-order valence-electron chi connectivity index (χ2n) is 4.14. The first kappa shape index (κ1) is 15.0.